The molecular formula is C16H17NO5S. The zero-order valence-electron chi connectivity index (χ0n) is 12.7. The Kier molecular flexibility index (Phi) is 4.60. The molecule has 0 spiro atoms. The van der Waals surface area contributed by atoms with Gasteiger partial charge in [-0.25, -0.2) is 13.2 Å². The number of sulfonamides is 1. The Hall–Kier alpha value is -2.54. The summed E-state index contributed by atoms with van der Waals surface area (Å²) in [5.74, 6) is -2.14. The third-order valence-electron chi connectivity index (χ3n) is 3.35. The first kappa shape index (κ1) is 16.8. The largest absolute Gasteiger partial charge is 0.506 e. The van der Waals surface area contributed by atoms with Gasteiger partial charge >= 0.3 is 5.97 Å². The topological polar surface area (TPSA) is 94.9 Å². The zero-order valence-corrected chi connectivity index (χ0v) is 13.5. The van der Waals surface area contributed by atoms with E-state index in [9.17, 15) is 18.3 Å². The van der Waals surface area contributed by atoms with Crippen LogP contribution in [0.4, 0.5) is 5.69 Å². The van der Waals surface area contributed by atoms with Crippen molar-refractivity contribution in [2.24, 2.45) is 0 Å². The average molecular weight is 335 g/mol. The van der Waals surface area contributed by atoms with Crippen molar-refractivity contribution >= 4 is 21.7 Å². The van der Waals surface area contributed by atoms with Gasteiger partial charge in [0.15, 0.2) is 5.75 Å². The molecule has 0 bridgehead atoms. The molecule has 0 aliphatic carbocycles. The second-order valence-electron chi connectivity index (χ2n) is 4.97. The van der Waals surface area contributed by atoms with Crippen LogP contribution in [-0.4, -0.2) is 31.1 Å². The Labute approximate surface area is 134 Å². The van der Waals surface area contributed by atoms with Gasteiger partial charge in [0.05, 0.1) is 5.69 Å². The van der Waals surface area contributed by atoms with Crippen molar-refractivity contribution < 1.29 is 23.4 Å². The van der Waals surface area contributed by atoms with Crippen LogP contribution in [0, 0.1) is 6.92 Å². The lowest BCUT2D eigenvalue weighted by Crippen LogP contribution is -2.31. The minimum Gasteiger partial charge on any atom is -0.506 e. The van der Waals surface area contributed by atoms with Crippen LogP contribution >= 0.6 is 0 Å². The number of para-hydroxylation sites is 1. The van der Waals surface area contributed by atoms with Crippen LogP contribution in [0.3, 0.4) is 0 Å². The Bertz CT molecular complexity index is 831. The smallest absolute Gasteiger partial charge is 0.339 e. The fourth-order valence-corrected chi connectivity index (χ4v) is 3.98. The second-order valence-corrected chi connectivity index (χ2v) is 6.80. The fourth-order valence-electron chi connectivity index (χ4n) is 2.31. The number of phenols is 1. The average Bonchev–Trinajstić information content (AvgIpc) is 2.50. The predicted octanol–water partition coefficient (Wildman–Crippen LogP) is 2.61. The van der Waals surface area contributed by atoms with Crippen LogP contribution in [0.2, 0.25) is 0 Å². The fraction of sp³-hybridized carbons (Fsp3) is 0.188. The molecule has 0 radical (unpaired) electrons. The molecule has 0 saturated carbocycles. The number of nitrogens with zero attached hydrogens (tertiary/aromatic N) is 1. The summed E-state index contributed by atoms with van der Waals surface area (Å²) in [4.78, 5) is 10.8. The third kappa shape index (κ3) is 3.14. The standard InChI is InChI=1S/C16H17NO5S/c1-3-17(12-7-5-4-6-8-12)23(21,22)14-10-11(2)9-13(15(14)18)16(19)20/h4-10,18H,3H2,1-2H3,(H,19,20). The molecular weight excluding hydrogens is 318 g/mol. The molecule has 0 fully saturated rings. The summed E-state index contributed by atoms with van der Waals surface area (Å²) in [6, 6.07) is 10.9. The number of anilines is 1. The van der Waals surface area contributed by atoms with E-state index in [4.69, 9.17) is 5.11 Å². The monoisotopic (exact) mass is 335 g/mol. The molecule has 23 heavy (non-hydrogen) atoms. The number of aryl methyl sites for hydroxylation is 1. The summed E-state index contributed by atoms with van der Waals surface area (Å²) in [5.41, 5.74) is 0.434. The molecule has 2 rings (SSSR count). The van der Waals surface area contributed by atoms with Gasteiger partial charge in [0.1, 0.15) is 10.5 Å². The molecule has 0 saturated heterocycles. The Morgan fingerprint density at radius 2 is 1.78 bits per heavy atom. The van der Waals surface area contributed by atoms with Crippen molar-refractivity contribution in [3.8, 4) is 5.75 Å². The molecule has 2 N–H and O–H groups in total. The molecule has 0 aromatic heterocycles. The maximum absolute atomic E-state index is 12.9. The lowest BCUT2D eigenvalue weighted by Gasteiger charge is -2.23. The highest BCUT2D eigenvalue weighted by Gasteiger charge is 2.29. The molecule has 0 unspecified atom stereocenters. The molecule has 0 atom stereocenters. The number of rotatable bonds is 5. The number of hydrogen-bond acceptors (Lipinski definition) is 4. The van der Waals surface area contributed by atoms with Gasteiger partial charge in [-0.05, 0) is 43.7 Å². The molecule has 0 amide bonds. The Morgan fingerprint density at radius 1 is 1.17 bits per heavy atom. The molecule has 6 nitrogen and oxygen atoms in total. The van der Waals surface area contributed by atoms with Gasteiger partial charge in [-0.2, -0.15) is 0 Å². The molecule has 0 heterocycles. The summed E-state index contributed by atoms with van der Waals surface area (Å²) in [7, 11) is -4.09. The van der Waals surface area contributed by atoms with E-state index in [-0.39, 0.29) is 6.54 Å². The normalized spacial score (nSPS) is 11.2. The van der Waals surface area contributed by atoms with Crippen LogP contribution < -0.4 is 4.31 Å². The Balaban J connectivity index is 2.66. The Morgan fingerprint density at radius 3 is 2.30 bits per heavy atom. The first-order chi connectivity index (χ1) is 10.8. The summed E-state index contributed by atoms with van der Waals surface area (Å²) in [5, 5.41) is 19.2. The maximum Gasteiger partial charge on any atom is 0.339 e. The predicted molar refractivity (Wildman–Crippen MR) is 86.5 cm³/mol. The van der Waals surface area contributed by atoms with Gasteiger partial charge in [-0.1, -0.05) is 18.2 Å². The second kappa shape index (κ2) is 6.29. The van der Waals surface area contributed by atoms with Crippen LogP contribution in [0.15, 0.2) is 47.4 Å². The molecule has 7 heteroatoms. The first-order valence-electron chi connectivity index (χ1n) is 6.93. The van der Waals surface area contributed by atoms with Crippen LogP contribution in [0.5, 0.6) is 5.75 Å². The van der Waals surface area contributed by atoms with Crippen molar-refractivity contribution in [2.75, 3.05) is 10.8 Å². The minimum atomic E-state index is -4.09. The van der Waals surface area contributed by atoms with Gasteiger partial charge in [-0.15, -0.1) is 0 Å². The van der Waals surface area contributed by atoms with E-state index in [1.165, 1.54) is 12.1 Å². The van der Waals surface area contributed by atoms with Gasteiger partial charge < -0.3 is 10.2 Å². The van der Waals surface area contributed by atoms with Crippen molar-refractivity contribution in [1.82, 2.24) is 0 Å². The van der Waals surface area contributed by atoms with Gasteiger partial charge in [0.2, 0.25) is 0 Å². The number of hydrogen-bond donors (Lipinski definition) is 2. The summed E-state index contributed by atoms with van der Waals surface area (Å²) < 4.78 is 26.9. The molecule has 2 aromatic rings. The third-order valence-corrected chi connectivity index (χ3v) is 5.27. The highest BCUT2D eigenvalue weighted by atomic mass is 32.2. The number of aromatic carboxylic acids is 1. The quantitative estimate of drug-likeness (QED) is 0.876. The number of benzene rings is 2. The number of aromatic hydroxyl groups is 1. The first-order valence-corrected chi connectivity index (χ1v) is 8.37. The number of carbonyl (C=O) groups is 1. The van der Waals surface area contributed by atoms with Crippen LogP contribution in [-0.2, 0) is 10.0 Å². The van der Waals surface area contributed by atoms with E-state index in [0.29, 0.717) is 11.3 Å². The SMILES string of the molecule is CCN(c1ccccc1)S(=O)(=O)c1cc(C)cc(C(=O)O)c1O. The van der Waals surface area contributed by atoms with E-state index < -0.39 is 32.2 Å². The highest BCUT2D eigenvalue weighted by molar-refractivity contribution is 7.93. The van der Waals surface area contributed by atoms with E-state index in [1.807, 2.05) is 0 Å². The molecule has 0 aliphatic rings. The number of carboxylic acid groups (broad SMARTS) is 1. The summed E-state index contributed by atoms with van der Waals surface area (Å²) in [6.07, 6.45) is 0. The van der Waals surface area contributed by atoms with Crippen molar-refractivity contribution in [3.63, 3.8) is 0 Å². The molecule has 122 valence electrons. The van der Waals surface area contributed by atoms with Crippen LogP contribution in [0.25, 0.3) is 0 Å². The zero-order chi connectivity index (χ0) is 17.2. The van der Waals surface area contributed by atoms with E-state index in [2.05, 4.69) is 0 Å². The van der Waals surface area contributed by atoms with Crippen molar-refractivity contribution in [3.05, 3.63) is 53.6 Å². The molecule has 0 aliphatic heterocycles. The van der Waals surface area contributed by atoms with E-state index in [1.54, 1.807) is 44.2 Å². The highest BCUT2D eigenvalue weighted by Crippen LogP contribution is 2.32. The van der Waals surface area contributed by atoms with Crippen LogP contribution in [0.1, 0.15) is 22.8 Å². The van der Waals surface area contributed by atoms with E-state index >= 15 is 0 Å². The lowest BCUT2D eigenvalue weighted by molar-refractivity contribution is 0.0693. The van der Waals surface area contributed by atoms with Crippen molar-refractivity contribution in [1.29, 1.82) is 0 Å². The van der Waals surface area contributed by atoms with Gasteiger partial charge in [0, 0.05) is 6.54 Å². The summed E-state index contributed by atoms with van der Waals surface area (Å²) >= 11 is 0. The lowest BCUT2D eigenvalue weighted by atomic mass is 10.1. The van der Waals surface area contributed by atoms with Crippen molar-refractivity contribution in [2.45, 2.75) is 18.7 Å². The van der Waals surface area contributed by atoms with Gasteiger partial charge in [0.25, 0.3) is 10.0 Å². The van der Waals surface area contributed by atoms with E-state index in [0.717, 1.165) is 4.31 Å². The maximum atomic E-state index is 12.9. The van der Waals surface area contributed by atoms with Gasteiger partial charge in [-0.3, -0.25) is 4.31 Å². The number of carboxylic acids is 1. The summed E-state index contributed by atoms with van der Waals surface area (Å²) in [6.45, 7) is 3.38. The molecule has 2 aromatic carbocycles. The minimum absolute atomic E-state index is 0.141.